The van der Waals surface area contributed by atoms with Crippen LogP contribution in [-0.4, -0.2) is 0 Å². The maximum atomic E-state index is 2.53. The van der Waals surface area contributed by atoms with Crippen molar-refractivity contribution in [3.8, 4) is 0 Å². The van der Waals surface area contributed by atoms with E-state index in [1.54, 1.807) is 5.57 Å². The van der Waals surface area contributed by atoms with E-state index in [4.69, 9.17) is 0 Å². The van der Waals surface area contributed by atoms with Crippen molar-refractivity contribution in [2.75, 3.05) is 0 Å². The average Bonchev–Trinajstić information content (AvgIpc) is 2.75. The molecule has 0 aromatic carbocycles. The highest BCUT2D eigenvalue weighted by Gasteiger charge is 2.71. The van der Waals surface area contributed by atoms with Crippen LogP contribution >= 0.6 is 0 Å². The molecule has 0 aromatic rings. The third kappa shape index (κ3) is 1.04. The van der Waals surface area contributed by atoms with E-state index in [0.717, 1.165) is 35.0 Å². The topological polar surface area (TPSA) is 0 Å². The van der Waals surface area contributed by atoms with Gasteiger partial charge in [0.05, 0.1) is 0 Å². The fraction of sp³-hybridized carbons (Fsp3) is 0.867. The van der Waals surface area contributed by atoms with Crippen LogP contribution in [0.5, 0.6) is 0 Å². The van der Waals surface area contributed by atoms with Gasteiger partial charge in [0.15, 0.2) is 0 Å². The highest BCUT2D eigenvalue weighted by Crippen LogP contribution is 2.77. The summed E-state index contributed by atoms with van der Waals surface area (Å²) in [4.78, 5) is 0. The van der Waals surface area contributed by atoms with Gasteiger partial charge in [-0.2, -0.15) is 0 Å². The van der Waals surface area contributed by atoms with Gasteiger partial charge in [-0.05, 0) is 61.2 Å². The first kappa shape index (κ1) is 9.93. The summed E-state index contributed by atoms with van der Waals surface area (Å²) in [6, 6.07) is 0. The van der Waals surface area contributed by atoms with Crippen molar-refractivity contribution in [2.45, 2.75) is 47.0 Å². The zero-order valence-electron chi connectivity index (χ0n) is 10.6. The summed E-state index contributed by atoms with van der Waals surface area (Å²) < 4.78 is 0. The maximum Gasteiger partial charge on any atom is -0.0104 e. The van der Waals surface area contributed by atoms with Gasteiger partial charge >= 0.3 is 0 Å². The Morgan fingerprint density at radius 1 is 1.33 bits per heavy atom. The van der Waals surface area contributed by atoms with Crippen molar-refractivity contribution >= 4 is 0 Å². The van der Waals surface area contributed by atoms with E-state index in [1.165, 1.54) is 19.3 Å². The zero-order chi connectivity index (χ0) is 10.8. The number of fused-ring (bicyclic) bond motifs is 1. The molecule has 0 heteroatoms. The largest absolute Gasteiger partial charge is 0.0847 e. The van der Waals surface area contributed by atoms with E-state index in [1.807, 2.05) is 0 Å². The van der Waals surface area contributed by atoms with E-state index in [0.29, 0.717) is 0 Å². The van der Waals surface area contributed by atoms with E-state index >= 15 is 0 Å². The summed E-state index contributed by atoms with van der Waals surface area (Å²) in [6.45, 7) is 9.75. The van der Waals surface area contributed by atoms with Crippen molar-refractivity contribution in [2.24, 2.45) is 35.0 Å². The Hall–Kier alpha value is -0.260. The van der Waals surface area contributed by atoms with E-state index in [-0.39, 0.29) is 0 Å². The first-order chi connectivity index (χ1) is 7.09. The quantitative estimate of drug-likeness (QED) is 0.559. The van der Waals surface area contributed by atoms with Crippen LogP contribution in [0.4, 0.5) is 0 Å². The lowest BCUT2D eigenvalue weighted by molar-refractivity contribution is 0.149. The molecule has 2 fully saturated rings. The van der Waals surface area contributed by atoms with Crippen molar-refractivity contribution in [1.82, 2.24) is 0 Å². The van der Waals surface area contributed by atoms with Gasteiger partial charge in [0.2, 0.25) is 0 Å². The molecular weight excluding hydrogens is 180 g/mol. The Balaban J connectivity index is 1.91. The van der Waals surface area contributed by atoms with Crippen molar-refractivity contribution < 1.29 is 0 Å². The van der Waals surface area contributed by atoms with Crippen molar-refractivity contribution in [3.05, 3.63) is 11.6 Å². The Kier molecular flexibility index (Phi) is 1.92. The van der Waals surface area contributed by atoms with Crippen molar-refractivity contribution in [3.63, 3.8) is 0 Å². The lowest BCUT2D eigenvalue weighted by Crippen LogP contribution is -2.27. The molecule has 0 saturated heterocycles. The standard InChI is InChI=1S/C15H24/c1-9(2)12-6-5-11(4)15-8-7-10(3)13(15)14(12)15/h7,9,11-14H,5-6,8H2,1-4H3/t11-,12-,13-,14-,15+/m1/s1. The van der Waals surface area contributed by atoms with E-state index < -0.39 is 0 Å². The molecule has 15 heavy (non-hydrogen) atoms. The second-order valence-electron chi connectivity index (χ2n) is 6.65. The molecule has 0 heterocycles. The van der Waals surface area contributed by atoms with Gasteiger partial charge in [-0.25, -0.2) is 0 Å². The van der Waals surface area contributed by atoms with Crippen LogP contribution in [-0.2, 0) is 0 Å². The molecule has 5 atom stereocenters. The van der Waals surface area contributed by atoms with Crippen LogP contribution < -0.4 is 0 Å². The Morgan fingerprint density at radius 2 is 2.07 bits per heavy atom. The van der Waals surface area contributed by atoms with Crippen LogP contribution in [0.2, 0.25) is 0 Å². The molecule has 2 saturated carbocycles. The predicted molar refractivity (Wildman–Crippen MR) is 64.5 cm³/mol. The maximum absolute atomic E-state index is 2.53. The molecule has 3 aliphatic rings. The van der Waals surface area contributed by atoms with Gasteiger partial charge < -0.3 is 0 Å². The Labute approximate surface area is 94.1 Å². The summed E-state index contributed by atoms with van der Waals surface area (Å²) >= 11 is 0. The smallest absolute Gasteiger partial charge is 0.0104 e. The minimum Gasteiger partial charge on any atom is -0.0847 e. The molecule has 3 aliphatic carbocycles. The molecule has 0 nitrogen and oxygen atoms in total. The minimum absolute atomic E-state index is 0.747. The molecule has 0 aliphatic heterocycles. The summed E-state index contributed by atoms with van der Waals surface area (Å²) in [7, 11) is 0. The number of hydrogen-bond donors (Lipinski definition) is 0. The van der Waals surface area contributed by atoms with Gasteiger partial charge in [0.1, 0.15) is 0 Å². The summed E-state index contributed by atoms with van der Waals surface area (Å²) in [5.74, 6) is 4.96. The third-order valence-electron chi connectivity index (χ3n) is 5.89. The Morgan fingerprint density at radius 3 is 2.73 bits per heavy atom. The summed E-state index contributed by atoms with van der Waals surface area (Å²) in [5, 5.41) is 0. The number of allylic oxidation sites excluding steroid dienone is 2. The Bertz CT molecular complexity index is 312. The molecule has 84 valence electrons. The average molecular weight is 204 g/mol. The molecule has 0 amide bonds. The van der Waals surface area contributed by atoms with Crippen molar-refractivity contribution in [1.29, 1.82) is 0 Å². The molecular formula is C15H24. The molecule has 1 spiro atoms. The fourth-order valence-corrected chi connectivity index (χ4v) is 5.05. The molecule has 0 N–H and O–H groups in total. The second-order valence-corrected chi connectivity index (χ2v) is 6.65. The van der Waals surface area contributed by atoms with Gasteiger partial charge in [-0.15, -0.1) is 0 Å². The highest BCUT2D eigenvalue weighted by molar-refractivity contribution is 5.35. The van der Waals surface area contributed by atoms with Gasteiger partial charge in [0, 0.05) is 0 Å². The lowest BCUT2D eigenvalue weighted by atomic mass is 9.70. The van der Waals surface area contributed by atoms with Gasteiger partial charge in [-0.3, -0.25) is 0 Å². The predicted octanol–water partition coefficient (Wildman–Crippen LogP) is 4.27. The van der Waals surface area contributed by atoms with E-state index in [2.05, 4.69) is 33.8 Å². The molecule has 0 aromatic heterocycles. The first-order valence-electron chi connectivity index (χ1n) is 6.75. The number of rotatable bonds is 1. The summed E-state index contributed by atoms with van der Waals surface area (Å²) in [6.07, 6.45) is 6.91. The zero-order valence-corrected chi connectivity index (χ0v) is 10.6. The van der Waals surface area contributed by atoms with Crippen LogP contribution in [0.15, 0.2) is 11.6 Å². The van der Waals surface area contributed by atoms with Gasteiger partial charge in [-0.1, -0.05) is 32.4 Å². The summed E-state index contributed by atoms with van der Waals surface area (Å²) in [5.41, 5.74) is 2.47. The molecule has 0 unspecified atom stereocenters. The van der Waals surface area contributed by atoms with Gasteiger partial charge in [0.25, 0.3) is 0 Å². The monoisotopic (exact) mass is 204 g/mol. The molecule has 3 rings (SSSR count). The lowest BCUT2D eigenvalue weighted by Gasteiger charge is -2.35. The normalized spacial score (nSPS) is 52.5. The van der Waals surface area contributed by atoms with E-state index in [9.17, 15) is 0 Å². The number of hydrogen-bond acceptors (Lipinski definition) is 0. The fourth-order valence-electron chi connectivity index (χ4n) is 5.05. The van der Waals surface area contributed by atoms with Crippen LogP contribution in [0.1, 0.15) is 47.0 Å². The molecule has 0 bridgehead atoms. The minimum atomic E-state index is 0.747. The van der Waals surface area contributed by atoms with Crippen LogP contribution in [0, 0.1) is 35.0 Å². The highest BCUT2D eigenvalue weighted by atomic mass is 14.8. The SMILES string of the molecule is CC1=CC[C@]23[C@H]([C@@H](C(C)C)CC[C@H]2C)[C@@H]13. The van der Waals surface area contributed by atoms with Crippen LogP contribution in [0.25, 0.3) is 0 Å². The third-order valence-corrected chi connectivity index (χ3v) is 5.89. The molecule has 0 radical (unpaired) electrons. The van der Waals surface area contributed by atoms with Crippen LogP contribution in [0.3, 0.4) is 0 Å². The second kappa shape index (κ2) is 2.90. The first-order valence-corrected chi connectivity index (χ1v) is 6.75.